The minimum Gasteiger partial charge on any atom is -0.454 e. The van der Waals surface area contributed by atoms with Gasteiger partial charge in [0.05, 0.1) is 21.8 Å². The number of hydrogen-bond acceptors (Lipinski definition) is 6. The maximum Gasteiger partial charge on any atom is 0.266 e. The lowest BCUT2D eigenvalue weighted by Crippen LogP contribution is -2.26. The number of anilines is 1. The third-order valence-electron chi connectivity index (χ3n) is 5.19. The first-order valence-electron chi connectivity index (χ1n) is 10.2. The number of carbonyl (C=O) groups excluding carboxylic acids is 1. The van der Waals surface area contributed by atoms with Gasteiger partial charge in [0.2, 0.25) is 12.7 Å². The molecular formula is C24H17F2N3O4S. The highest BCUT2D eigenvalue weighted by Crippen LogP contribution is 2.34. The van der Waals surface area contributed by atoms with Crippen molar-refractivity contribution in [3.63, 3.8) is 0 Å². The van der Waals surface area contributed by atoms with Crippen molar-refractivity contribution in [3.8, 4) is 17.2 Å². The first kappa shape index (κ1) is 21.9. The Hall–Kier alpha value is -3.92. The van der Waals surface area contributed by atoms with E-state index in [1.807, 2.05) is 0 Å². The van der Waals surface area contributed by atoms with E-state index in [0.717, 1.165) is 22.4 Å². The van der Waals surface area contributed by atoms with Crippen LogP contribution in [0.1, 0.15) is 6.92 Å². The average molecular weight is 481 g/mol. The summed E-state index contributed by atoms with van der Waals surface area (Å²) in [6.07, 6.45) is 0. The van der Waals surface area contributed by atoms with Crippen LogP contribution in [0.5, 0.6) is 11.5 Å². The second kappa shape index (κ2) is 8.79. The zero-order valence-corrected chi connectivity index (χ0v) is 18.6. The molecule has 7 nitrogen and oxygen atoms in total. The van der Waals surface area contributed by atoms with Gasteiger partial charge in [-0.2, -0.15) is 0 Å². The number of fused-ring (bicyclic) bond motifs is 2. The van der Waals surface area contributed by atoms with Gasteiger partial charge in [0.15, 0.2) is 16.7 Å². The Kier molecular flexibility index (Phi) is 5.66. The molecule has 1 amide bonds. The first-order chi connectivity index (χ1) is 16.4. The fourth-order valence-corrected chi connectivity index (χ4v) is 4.42. The number of benzene rings is 3. The van der Waals surface area contributed by atoms with Crippen LogP contribution in [-0.4, -0.2) is 27.5 Å². The van der Waals surface area contributed by atoms with Crippen molar-refractivity contribution in [1.29, 1.82) is 0 Å². The second-order valence-electron chi connectivity index (χ2n) is 7.47. The van der Waals surface area contributed by atoms with Gasteiger partial charge in [-0.25, -0.2) is 13.8 Å². The lowest BCUT2D eigenvalue weighted by Gasteiger charge is -2.17. The number of hydrogen-bond donors (Lipinski definition) is 1. The Balaban J connectivity index is 1.50. The van der Waals surface area contributed by atoms with E-state index in [1.165, 1.54) is 6.07 Å². The van der Waals surface area contributed by atoms with E-state index in [9.17, 15) is 18.4 Å². The van der Waals surface area contributed by atoms with Crippen LogP contribution in [0.4, 0.5) is 14.5 Å². The van der Waals surface area contributed by atoms with Crippen molar-refractivity contribution in [3.05, 3.63) is 82.7 Å². The van der Waals surface area contributed by atoms with E-state index >= 15 is 0 Å². The molecule has 2 heterocycles. The highest BCUT2D eigenvalue weighted by atomic mass is 32.2. The summed E-state index contributed by atoms with van der Waals surface area (Å²) in [6, 6.07) is 14.6. The Morgan fingerprint density at radius 3 is 2.71 bits per heavy atom. The van der Waals surface area contributed by atoms with Crippen LogP contribution in [0.25, 0.3) is 16.6 Å². The van der Waals surface area contributed by atoms with Crippen molar-refractivity contribution in [2.45, 2.75) is 17.3 Å². The van der Waals surface area contributed by atoms with Crippen molar-refractivity contribution in [2.75, 3.05) is 12.1 Å². The van der Waals surface area contributed by atoms with Crippen LogP contribution < -0.4 is 20.3 Å². The number of para-hydroxylation sites is 1. The molecule has 1 aliphatic heterocycles. The molecule has 34 heavy (non-hydrogen) atoms. The topological polar surface area (TPSA) is 82.5 Å². The summed E-state index contributed by atoms with van der Waals surface area (Å²) in [7, 11) is 0. The number of halogens is 2. The first-order valence-corrected chi connectivity index (χ1v) is 11.1. The minimum absolute atomic E-state index is 0.0996. The Morgan fingerprint density at radius 1 is 1.09 bits per heavy atom. The van der Waals surface area contributed by atoms with Gasteiger partial charge in [-0.3, -0.25) is 14.2 Å². The SMILES string of the molecule is CC(Sc1nc2ccccc2c(=O)n1-c1ccc(F)cc1F)C(=O)Nc1ccc2c(c1)OCO2. The molecule has 0 saturated heterocycles. The number of aromatic nitrogens is 2. The molecule has 172 valence electrons. The predicted octanol–water partition coefficient (Wildman–Crippen LogP) is 4.51. The van der Waals surface area contributed by atoms with E-state index in [4.69, 9.17) is 9.47 Å². The quantitative estimate of drug-likeness (QED) is 0.334. The van der Waals surface area contributed by atoms with Crippen molar-refractivity contribution >= 4 is 34.3 Å². The molecule has 5 rings (SSSR count). The average Bonchev–Trinajstić information content (AvgIpc) is 3.28. The van der Waals surface area contributed by atoms with E-state index in [-0.39, 0.29) is 28.9 Å². The third kappa shape index (κ3) is 4.08. The largest absolute Gasteiger partial charge is 0.454 e. The number of amides is 1. The summed E-state index contributed by atoms with van der Waals surface area (Å²) in [6.45, 7) is 1.75. The molecule has 0 fully saturated rings. The van der Waals surface area contributed by atoms with Crippen LogP contribution in [0.3, 0.4) is 0 Å². The number of thioether (sulfide) groups is 1. The van der Waals surface area contributed by atoms with Gasteiger partial charge in [-0.05, 0) is 43.3 Å². The zero-order valence-electron chi connectivity index (χ0n) is 17.7. The van der Waals surface area contributed by atoms with Gasteiger partial charge in [0.25, 0.3) is 5.56 Å². The highest BCUT2D eigenvalue weighted by Gasteiger charge is 2.23. The summed E-state index contributed by atoms with van der Waals surface area (Å²) in [5.74, 6) is -0.939. The van der Waals surface area contributed by atoms with Gasteiger partial charge in [0, 0.05) is 17.8 Å². The number of ether oxygens (including phenoxy) is 2. The smallest absolute Gasteiger partial charge is 0.266 e. The zero-order chi connectivity index (χ0) is 23.8. The fraction of sp³-hybridized carbons (Fsp3) is 0.125. The molecule has 0 saturated carbocycles. The fourth-order valence-electron chi connectivity index (χ4n) is 3.50. The van der Waals surface area contributed by atoms with Gasteiger partial charge in [-0.15, -0.1) is 0 Å². The lowest BCUT2D eigenvalue weighted by molar-refractivity contribution is -0.115. The molecule has 10 heteroatoms. The number of nitrogens with zero attached hydrogens (tertiary/aromatic N) is 2. The molecule has 1 aromatic heterocycles. The third-order valence-corrected chi connectivity index (χ3v) is 6.24. The Bertz CT molecular complexity index is 1490. The molecular weight excluding hydrogens is 464 g/mol. The van der Waals surface area contributed by atoms with E-state index in [0.29, 0.717) is 28.8 Å². The van der Waals surface area contributed by atoms with Crippen molar-refractivity contribution < 1.29 is 23.0 Å². The Labute approximate surface area is 196 Å². The summed E-state index contributed by atoms with van der Waals surface area (Å²) < 4.78 is 39.8. The maximum atomic E-state index is 14.7. The van der Waals surface area contributed by atoms with Crippen LogP contribution in [0, 0.1) is 11.6 Å². The normalized spacial score (nSPS) is 13.1. The summed E-state index contributed by atoms with van der Waals surface area (Å²) in [4.78, 5) is 30.6. The molecule has 0 bridgehead atoms. The molecule has 0 spiro atoms. The van der Waals surface area contributed by atoms with Gasteiger partial charge < -0.3 is 14.8 Å². The number of rotatable bonds is 5. The minimum atomic E-state index is -0.918. The van der Waals surface area contributed by atoms with E-state index < -0.39 is 22.4 Å². The number of carbonyl (C=O) groups is 1. The predicted molar refractivity (Wildman–Crippen MR) is 124 cm³/mol. The molecule has 1 unspecified atom stereocenters. The number of nitrogens with one attached hydrogen (secondary N) is 1. The molecule has 0 aliphatic carbocycles. The molecule has 1 aliphatic rings. The van der Waals surface area contributed by atoms with Gasteiger partial charge in [-0.1, -0.05) is 23.9 Å². The monoisotopic (exact) mass is 481 g/mol. The van der Waals surface area contributed by atoms with Crippen LogP contribution >= 0.6 is 11.8 Å². The second-order valence-corrected chi connectivity index (χ2v) is 8.77. The molecule has 1 atom stereocenters. The highest BCUT2D eigenvalue weighted by molar-refractivity contribution is 8.00. The molecule has 1 N–H and O–H groups in total. The van der Waals surface area contributed by atoms with Crippen molar-refractivity contribution in [2.24, 2.45) is 0 Å². The lowest BCUT2D eigenvalue weighted by atomic mass is 10.2. The standard InChI is InChI=1S/C24H17F2N3O4S/c1-13(22(30)27-15-7-9-20-21(11-15)33-12-32-20)34-24-28-18-5-3-2-4-16(18)23(31)29(24)19-8-6-14(25)10-17(19)26/h2-11,13H,12H2,1H3,(H,27,30). The summed E-state index contributed by atoms with van der Waals surface area (Å²) in [5, 5.41) is 2.44. The molecule has 3 aromatic carbocycles. The Morgan fingerprint density at radius 2 is 1.88 bits per heavy atom. The molecule has 0 radical (unpaired) electrons. The van der Waals surface area contributed by atoms with Crippen LogP contribution in [0.15, 0.2) is 70.6 Å². The summed E-state index contributed by atoms with van der Waals surface area (Å²) in [5.41, 5.74) is 0.227. The maximum absolute atomic E-state index is 14.7. The van der Waals surface area contributed by atoms with Gasteiger partial charge >= 0.3 is 0 Å². The van der Waals surface area contributed by atoms with E-state index in [2.05, 4.69) is 10.3 Å². The molecule has 4 aromatic rings. The van der Waals surface area contributed by atoms with Crippen LogP contribution in [-0.2, 0) is 4.79 Å². The van der Waals surface area contributed by atoms with Crippen molar-refractivity contribution in [1.82, 2.24) is 9.55 Å². The van der Waals surface area contributed by atoms with Gasteiger partial charge in [0.1, 0.15) is 11.6 Å². The summed E-state index contributed by atoms with van der Waals surface area (Å²) >= 11 is 0.983. The van der Waals surface area contributed by atoms with E-state index in [1.54, 1.807) is 49.4 Å². The van der Waals surface area contributed by atoms with Crippen LogP contribution in [0.2, 0.25) is 0 Å².